The van der Waals surface area contributed by atoms with Crippen molar-refractivity contribution < 1.29 is 0 Å². The van der Waals surface area contributed by atoms with Crippen LogP contribution in [0.4, 0.5) is 0 Å². The Morgan fingerprint density at radius 2 is 2.00 bits per heavy atom. The lowest BCUT2D eigenvalue weighted by atomic mass is 9.98. The Kier molecular flexibility index (Phi) is 7.14. The van der Waals surface area contributed by atoms with Crippen LogP contribution in [0.5, 0.6) is 0 Å². The van der Waals surface area contributed by atoms with Crippen LogP contribution in [-0.2, 0) is 0 Å². The standard InChI is InChI=1S/C15H32N2/c1-5-10-14(16-8-4)15(7-3)17-12-9-11-13(17)6-2/h13-16H,5-12H2,1-4H3. The monoisotopic (exact) mass is 240 g/mol. The molecule has 1 N–H and O–H groups in total. The number of hydrogen-bond donors (Lipinski definition) is 1. The van der Waals surface area contributed by atoms with Gasteiger partial charge in [0.1, 0.15) is 0 Å². The van der Waals surface area contributed by atoms with Crippen molar-refractivity contribution >= 4 is 0 Å². The molecule has 0 saturated carbocycles. The van der Waals surface area contributed by atoms with Gasteiger partial charge in [0, 0.05) is 18.1 Å². The van der Waals surface area contributed by atoms with E-state index >= 15 is 0 Å². The topological polar surface area (TPSA) is 15.3 Å². The molecule has 2 heteroatoms. The van der Waals surface area contributed by atoms with Crippen LogP contribution in [-0.4, -0.2) is 36.1 Å². The van der Waals surface area contributed by atoms with E-state index in [1.807, 2.05) is 0 Å². The summed E-state index contributed by atoms with van der Waals surface area (Å²) in [5.74, 6) is 0. The van der Waals surface area contributed by atoms with E-state index in [2.05, 4.69) is 37.9 Å². The summed E-state index contributed by atoms with van der Waals surface area (Å²) in [4.78, 5) is 2.79. The average Bonchev–Trinajstić information content (AvgIpc) is 2.79. The van der Waals surface area contributed by atoms with Gasteiger partial charge in [-0.3, -0.25) is 4.90 Å². The first-order valence-corrected chi connectivity index (χ1v) is 7.77. The van der Waals surface area contributed by atoms with Gasteiger partial charge >= 0.3 is 0 Å². The zero-order valence-electron chi connectivity index (χ0n) is 12.3. The van der Waals surface area contributed by atoms with Gasteiger partial charge in [0.2, 0.25) is 0 Å². The van der Waals surface area contributed by atoms with Gasteiger partial charge in [0.25, 0.3) is 0 Å². The van der Waals surface area contributed by atoms with Crippen molar-refractivity contribution in [3.63, 3.8) is 0 Å². The lowest BCUT2D eigenvalue weighted by molar-refractivity contribution is 0.130. The molecule has 1 aliphatic heterocycles. The minimum absolute atomic E-state index is 0.696. The molecule has 1 saturated heterocycles. The van der Waals surface area contributed by atoms with Gasteiger partial charge in [0.05, 0.1) is 0 Å². The van der Waals surface area contributed by atoms with E-state index in [9.17, 15) is 0 Å². The highest BCUT2D eigenvalue weighted by Crippen LogP contribution is 2.26. The predicted molar refractivity (Wildman–Crippen MR) is 76.5 cm³/mol. The Bertz CT molecular complexity index is 187. The smallest absolute Gasteiger partial charge is 0.0249 e. The number of nitrogens with zero attached hydrogens (tertiary/aromatic N) is 1. The highest BCUT2D eigenvalue weighted by molar-refractivity contribution is 4.90. The fourth-order valence-corrected chi connectivity index (χ4v) is 3.49. The zero-order valence-corrected chi connectivity index (χ0v) is 12.3. The maximum absolute atomic E-state index is 3.71. The van der Waals surface area contributed by atoms with Crippen molar-refractivity contribution in [3.8, 4) is 0 Å². The van der Waals surface area contributed by atoms with Crippen LogP contribution in [0.15, 0.2) is 0 Å². The molecule has 0 spiro atoms. The van der Waals surface area contributed by atoms with Crippen molar-refractivity contribution in [2.75, 3.05) is 13.1 Å². The van der Waals surface area contributed by atoms with Crippen molar-refractivity contribution in [1.29, 1.82) is 0 Å². The molecule has 1 rings (SSSR count). The molecule has 0 amide bonds. The van der Waals surface area contributed by atoms with Crippen LogP contribution < -0.4 is 5.32 Å². The third-order valence-corrected chi connectivity index (χ3v) is 4.27. The summed E-state index contributed by atoms with van der Waals surface area (Å²) in [5, 5.41) is 3.71. The molecule has 17 heavy (non-hydrogen) atoms. The Morgan fingerprint density at radius 3 is 2.53 bits per heavy atom. The summed E-state index contributed by atoms with van der Waals surface area (Å²) >= 11 is 0. The number of nitrogens with one attached hydrogen (secondary N) is 1. The van der Waals surface area contributed by atoms with Gasteiger partial charge in [-0.1, -0.05) is 34.1 Å². The molecule has 1 fully saturated rings. The molecule has 0 bridgehead atoms. The number of rotatable bonds is 8. The van der Waals surface area contributed by atoms with Gasteiger partial charge in [-0.25, -0.2) is 0 Å². The molecular formula is C15H32N2. The second kappa shape index (κ2) is 8.10. The van der Waals surface area contributed by atoms with E-state index in [1.54, 1.807) is 0 Å². The maximum atomic E-state index is 3.71. The molecule has 1 heterocycles. The van der Waals surface area contributed by atoms with Crippen LogP contribution in [0.1, 0.15) is 66.2 Å². The first kappa shape index (κ1) is 15.0. The lowest BCUT2D eigenvalue weighted by Crippen LogP contribution is -2.51. The quantitative estimate of drug-likeness (QED) is 0.699. The average molecular weight is 240 g/mol. The number of likely N-dealkylation sites (tertiary alicyclic amines) is 1. The van der Waals surface area contributed by atoms with Crippen molar-refractivity contribution in [2.24, 2.45) is 0 Å². The highest BCUT2D eigenvalue weighted by Gasteiger charge is 2.32. The van der Waals surface area contributed by atoms with Gasteiger partial charge in [0.15, 0.2) is 0 Å². The first-order valence-electron chi connectivity index (χ1n) is 7.77. The minimum Gasteiger partial charge on any atom is -0.313 e. The molecule has 0 aromatic carbocycles. The van der Waals surface area contributed by atoms with Crippen molar-refractivity contribution in [3.05, 3.63) is 0 Å². The normalized spacial score (nSPS) is 25.1. The van der Waals surface area contributed by atoms with Crippen molar-refractivity contribution in [2.45, 2.75) is 84.3 Å². The third kappa shape index (κ3) is 3.96. The molecule has 102 valence electrons. The molecular weight excluding hydrogens is 208 g/mol. The van der Waals surface area contributed by atoms with Gasteiger partial charge in [-0.05, 0) is 45.2 Å². The summed E-state index contributed by atoms with van der Waals surface area (Å²) < 4.78 is 0. The van der Waals surface area contributed by atoms with E-state index in [4.69, 9.17) is 0 Å². The van der Waals surface area contributed by atoms with Gasteiger partial charge < -0.3 is 5.32 Å². The molecule has 1 aliphatic rings. The predicted octanol–water partition coefficient (Wildman–Crippen LogP) is 3.42. The second-order valence-electron chi connectivity index (χ2n) is 5.37. The van der Waals surface area contributed by atoms with Gasteiger partial charge in [-0.2, -0.15) is 0 Å². The van der Waals surface area contributed by atoms with Gasteiger partial charge in [-0.15, -0.1) is 0 Å². The fourth-order valence-electron chi connectivity index (χ4n) is 3.49. The van der Waals surface area contributed by atoms with Crippen LogP contribution in [0, 0.1) is 0 Å². The maximum Gasteiger partial charge on any atom is 0.0249 e. The number of likely N-dealkylation sites (N-methyl/N-ethyl adjacent to an activating group) is 1. The molecule has 3 atom stereocenters. The van der Waals surface area contributed by atoms with Crippen LogP contribution in [0.3, 0.4) is 0 Å². The fraction of sp³-hybridized carbons (Fsp3) is 1.00. The third-order valence-electron chi connectivity index (χ3n) is 4.27. The van der Waals surface area contributed by atoms with E-state index in [1.165, 1.54) is 45.1 Å². The molecule has 2 nitrogen and oxygen atoms in total. The number of hydrogen-bond acceptors (Lipinski definition) is 2. The summed E-state index contributed by atoms with van der Waals surface area (Å²) in [7, 11) is 0. The Balaban J connectivity index is 2.65. The Morgan fingerprint density at radius 1 is 1.24 bits per heavy atom. The van der Waals surface area contributed by atoms with Crippen LogP contribution in [0.25, 0.3) is 0 Å². The molecule has 3 unspecified atom stereocenters. The molecule has 0 aromatic rings. The summed E-state index contributed by atoms with van der Waals surface area (Å²) in [6, 6.07) is 2.29. The second-order valence-corrected chi connectivity index (χ2v) is 5.37. The molecule has 0 aromatic heterocycles. The molecule has 0 radical (unpaired) electrons. The SMILES string of the molecule is CCCC(NCC)C(CC)N1CCCC1CC. The summed E-state index contributed by atoms with van der Waals surface area (Å²) in [6.45, 7) is 11.7. The summed E-state index contributed by atoms with van der Waals surface area (Å²) in [5.41, 5.74) is 0. The van der Waals surface area contributed by atoms with E-state index in [0.717, 1.165) is 18.6 Å². The van der Waals surface area contributed by atoms with Crippen LogP contribution >= 0.6 is 0 Å². The Hall–Kier alpha value is -0.0800. The highest BCUT2D eigenvalue weighted by atomic mass is 15.2. The van der Waals surface area contributed by atoms with E-state index in [0.29, 0.717) is 6.04 Å². The van der Waals surface area contributed by atoms with Crippen LogP contribution in [0.2, 0.25) is 0 Å². The minimum atomic E-state index is 0.696. The largest absolute Gasteiger partial charge is 0.313 e. The van der Waals surface area contributed by atoms with Crippen molar-refractivity contribution in [1.82, 2.24) is 10.2 Å². The lowest BCUT2D eigenvalue weighted by Gasteiger charge is -2.38. The Labute approximate surface area is 108 Å². The molecule has 0 aliphatic carbocycles. The van der Waals surface area contributed by atoms with E-state index in [-0.39, 0.29) is 0 Å². The zero-order chi connectivity index (χ0) is 12.7. The first-order chi connectivity index (χ1) is 8.28. The van der Waals surface area contributed by atoms with E-state index < -0.39 is 0 Å². The summed E-state index contributed by atoms with van der Waals surface area (Å²) in [6.07, 6.45) is 8.03.